The average molecular weight is 386 g/mol. The summed E-state index contributed by atoms with van der Waals surface area (Å²) in [5.41, 5.74) is 2.63. The van der Waals surface area contributed by atoms with Crippen molar-refractivity contribution in [2.24, 2.45) is 0 Å². The Labute approximate surface area is 158 Å². The first kappa shape index (κ1) is 18.2. The number of esters is 1. The predicted octanol–water partition coefficient (Wildman–Crippen LogP) is 4.24. The topological polar surface area (TPSA) is 65.7 Å². The van der Waals surface area contributed by atoms with Gasteiger partial charge < -0.3 is 13.9 Å². The van der Waals surface area contributed by atoms with E-state index in [1.165, 1.54) is 35.9 Å². The minimum Gasteiger partial charge on any atom is -0.457 e. The highest BCUT2D eigenvalue weighted by atomic mass is 19.3. The number of ether oxygens (including phenoxy) is 2. The molecule has 1 aromatic heterocycles. The Morgan fingerprint density at radius 3 is 2.64 bits per heavy atom. The number of benzene rings is 2. The van der Waals surface area contributed by atoms with E-state index >= 15 is 0 Å². The lowest BCUT2D eigenvalue weighted by molar-refractivity contribution is -0.0504. The maximum absolute atomic E-state index is 12.5. The third kappa shape index (κ3) is 3.60. The van der Waals surface area contributed by atoms with E-state index < -0.39 is 18.2 Å². The Morgan fingerprint density at radius 1 is 1.11 bits per heavy atom. The molecule has 28 heavy (non-hydrogen) atoms. The van der Waals surface area contributed by atoms with Crippen LogP contribution in [-0.2, 0) is 24.2 Å². The van der Waals surface area contributed by atoms with E-state index in [4.69, 9.17) is 9.15 Å². The van der Waals surface area contributed by atoms with Crippen molar-refractivity contribution in [2.45, 2.75) is 32.5 Å². The fraction of sp³-hybridized carbons (Fsp3) is 0.238. The van der Waals surface area contributed by atoms with E-state index in [-0.39, 0.29) is 17.9 Å². The summed E-state index contributed by atoms with van der Waals surface area (Å²) in [5.74, 6) is -1.09. The molecule has 7 heteroatoms. The molecule has 0 bridgehead atoms. The van der Waals surface area contributed by atoms with Crippen LogP contribution in [0.25, 0.3) is 11.0 Å². The fourth-order valence-electron chi connectivity index (χ4n) is 3.47. The molecule has 0 aliphatic heterocycles. The summed E-state index contributed by atoms with van der Waals surface area (Å²) in [6, 6.07) is 10.7. The molecule has 2 aromatic carbocycles. The zero-order valence-electron chi connectivity index (χ0n) is 14.7. The molecular weight excluding hydrogens is 370 g/mol. The second-order valence-electron chi connectivity index (χ2n) is 6.51. The number of hydrogen-bond acceptors (Lipinski definition) is 5. The molecule has 0 radical (unpaired) electrons. The van der Waals surface area contributed by atoms with Gasteiger partial charge in [0, 0.05) is 17.0 Å². The van der Waals surface area contributed by atoms with Gasteiger partial charge in [-0.1, -0.05) is 12.1 Å². The fourth-order valence-corrected chi connectivity index (χ4v) is 3.47. The van der Waals surface area contributed by atoms with Gasteiger partial charge in [-0.25, -0.2) is 9.59 Å². The Balaban J connectivity index is 1.61. The lowest BCUT2D eigenvalue weighted by Gasteiger charge is -2.11. The number of hydrogen-bond donors (Lipinski definition) is 0. The molecule has 0 saturated heterocycles. The van der Waals surface area contributed by atoms with Gasteiger partial charge in [0.15, 0.2) is 0 Å². The Hall–Kier alpha value is -3.22. The molecule has 5 nitrogen and oxygen atoms in total. The number of carbonyl (C=O) groups excluding carboxylic acids is 1. The summed E-state index contributed by atoms with van der Waals surface area (Å²) >= 11 is 0. The Bertz CT molecular complexity index is 1100. The molecule has 0 fully saturated rings. The number of carbonyl (C=O) groups is 1. The summed E-state index contributed by atoms with van der Waals surface area (Å²) in [6.45, 7) is -3.25. The quantitative estimate of drug-likeness (QED) is 0.485. The highest BCUT2D eigenvalue weighted by Gasteiger charge is 2.19. The maximum atomic E-state index is 12.5. The van der Waals surface area contributed by atoms with Crippen LogP contribution < -0.4 is 10.4 Å². The normalized spacial score (nSPS) is 13.0. The number of halogens is 2. The van der Waals surface area contributed by atoms with E-state index in [9.17, 15) is 18.4 Å². The lowest BCUT2D eigenvalue weighted by Crippen LogP contribution is -2.11. The van der Waals surface area contributed by atoms with Crippen LogP contribution in [0.4, 0.5) is 8.78 Å². The number of alkyl halides is 2. The summed E-state index contributed by atoms with van der Waals surface area (Å²) in [7, 11) is 0. The lowest BCUT2D eigenvalue weighted by atomic mass is 10.0. The SMILES string of the molecule is O=C(OCc1cc(=O)oc2cc3c(cc12)CCC3)c1ccccc1OC(F)F. The average Bonchev–Trinajstić information content (AvgIpc) is 3.11. The van der Waals surface area contributed by atoms with Crippen LogP contribution >= 0.6 is 0 Å². The smallest absolute Gasteiger partial charge is 0.387 e. The third-order valence-corrected chi connectivity index (χ3v) is 4.72. The highest BCUT2D eigenvalue weighted by molar-refractivity contribution is 5.92. The summed E-state index contributed by atoms with van der Waals surface area (Å²) in [6.07, 6.45) is 2.93. The first-order valence-electron chi connectivity index (χ1n) is 8.81. The summed E-state index contributed by atoms with van der Waals surface area (Å²) in [5, 5.41) is 0.699. The molecule has 144 valence electrons. The van der Waals surface area contributed by atoms with E-state index in [0.29, 0.717) is 16.5 Å². The van der Waals surface area contributed by atoms with Crippen molar-refractivity contribution in [3.05, 3.63) is 75.1 Å². The van der Waals surface area contributed by atoms with Crippen molar-refractivity contribution in [3.8, 4) is 5.75 Å². The van der Waals surface area contributed by atoms with Crippen LogP contribution in [0, 0.1) is 0 Å². The van der Waals surface area contributed by atoms with Gasteiger partial charge in [-0.3, -0.25) is 0 Å². The van der Waals surface area contributed by atoms with Crippen molar-refractivity contribution in [1.82, 2.24) is 0 Å². The van der Waals surface area contributed by atoms with Crippen molar-refractivity contribution in [1.29, 1.82) is 0 Å². The second kappa shape index (κ2) is 7.42. The second-order valence-corrected chi connectivity index (χ2v) is 6.51. The third-order valence-electron chi connectivity index (χ3n) is 4.72. The number of aryl methyl sites for hydroxylation is 2. The minimum absolute atomic E-state index is 0.115. The molecule has 4 rings (SSSR count). The molecule has 0 atom stereocenters. The van der Waals surface area contributed by atoms with E-state index in [1.807, 2.05) is 12.1 Å². The molecule has 0 unspecified atom stereocenters. The van der Waals surface area contributed by atoms with Gasteiger partial charge in [-0.05, 0) is 54.7 Å². The van der Waals surface area contributed by atoms with Gasteiger partial charge in [0.2, 0.25) is 0 Å². The van der Waals surface area contributed by atoms with Gasteiger partial charge in [-0.15, -0.1) is 0 Å². The van der Waals surface area contributed by atoms with Gasteiger partial charge in [0.05, 0.1) is 0 Å². The standard InChI is InChI=1S/C21H16F2O5/c22-21(23)28-17-7-2-1-6-15(17)20(25)26-11-14-10-19(24)27-18-9-13-5-3-4-12(13)8-16(14)18/h1-2,6-10,21H,3-5,11H2. The van der Waals surface area contributed by atoms with Crippen LogP contribution in [0.2, 0.25) is 0 Å². The van der Waals surface area contributed by atoms with Gasteiger partial charge >= 0.3 is 18.2 Å². The zero-order valence-corrected chi connectivity index (χ0v) is 14.7. The van der Waals surface area contributed by atoms with Crippen LogP contribution in [-0.4, -0.2) is 12.6 Å². The molecule has 0 saturated carbocycles. The molecule has 1 aliphatic carbocycles. The first-order chi connectivity index (χ1) is 13.5. The van der Waals surface area contributed by atoms with E-state index in [1.54, 1.807) is 0 Å². The van der Waals surface area contributed by atoms with Crippen molar-refractivity contribution in [3.63, 3.8) is 0 Å². The summed E-state index contributed by atoms with van der Waals surface area (Å²) in [4.78, 5) is 24.3. The number of rotatable bonds is 5. The number of fused-ring (bicyclic) bond motifs is 2. The monoisotopic (exact) mass is 386 g/mol. The largest absolute Gasteiger partial charge is 0.457 e. The predicted molar refractivity (Wildman–Crippen MR) is 96.7 cm³/mol. The molecule has 3 aromatic rings. The van der Waals surface area contributed by atoms with Crippen LogP contribution in [0.3, 0.4) is 0 Å². The molecule has 1 heterocycles. The molecule has 1 aliphatic rings. The molecular formula is C21H16F2O5. The summed E-state index contributed by atoms with van der Waals surface area (Å²) < 4.78 is 40.0. The van der Waals surface area contributed by atoms with Gasteiger partial charge in [0.1, 0.15) is 23.5 Å². The number of para-hydroxylation sites is 1. The van der Waals surface area contributed by atoms with E-state index in [2.05, 4.69) is 4.74 Å². The van der Waals surface area contributed by atoms with Gasteiger partial charge in [0.25, 0.3) is 0 Å². The van der Waals surface area contributed by atoms with Crippen molar-refractivity contribution >= 4 is 16.9 Å². The minimum atomic E-state index is -3.06. The zero-order chi connectivity index (χ0) is 19.7. The first-order valence-corrected chi connectivity index (χ1v) is 8.81. The van der Waals surface area contributed by atoms with Crippen LogP contribution in [0.15, 0.2) is 51.7 Å². The van der Waals surface area contributed by atoms with Crippen LogP contribution in [0.5, 0.6) is 5.75 Å². The van der Waals surface area contributed by atoms with Crippen molar-refractivity contribution in [2.75, 3.05) is 0 Å². The molecule has 0 amide bonds. The molecule has 0 spiro atoms. The molecule has 0 N–H and O–H groups in total. The Morgan fingerprint density at radius 2 is 1.86 bits per heavy atom. The van der Waals surface area contributed by atoms with E-state index in [0.717, 1.165) is 24.8 Å². The maximum Gasteiger partial charge on any atom is 0.387 e. The van der Waals surface area contributed by atoms with Crippen LogP contribution in [0.1, 0.15) is 33.5 Å². The Kier molecular flexibility index (Phi) is 4.81. The highest BCUT2D eigenvalue weighted by Crippen LogP contribution is 2.29. The van der Waals surface area contributed by atoms with Crippen molar-refractivity contribution < 1.29 is 27.5 Å². The van der Waals surface area contributed by atoms with Gasteiger partial charge in [-0.2, -0.15) is 8.78 Å².